The van der Waals surface area contributed by atoms with Gasteiger partial charge in [-0.05, 0) is 38.1 Å². The van der Waals surface area contributed by atoms with Crippen molar-refractivity contribution in [2.75, 3.05) is 23.3 Å². The summed E-state index contributed by atoms with van der Waals surface area (Å²) in [5.41, 5.74) is 3.34. The van der Waals surface area contributed by atoms with Crippen LogP contribution in [-0.4, -0.2) is 24.0 Å². The number of nitrogens with zero attached hydrogens (tertiary/aromatic N) is 2. The van der Waals surface area contributed by atoms with Gasteiger partial charge in [-0.1, -0.05) is 30.3 Å². The van der Waals surface area contributed by atoms with Crippen molar-refractivity contribution in [2.24, 2.45) is 0 Å². The van der Waals surface area contributed by atoms with E-state index in [-0.39, 0.29) is 5.91 Å². The molecule has 0 saturated heterocycles. The SMILES string of the molecule is CCN(CC)c1nc(-c2cccc(NC(=O)c3ccccc3)c2)cs1. The first kappa shape index (κ1) is 17.2. The average molecular weight is 351 g/mol. The molecule has 0 aliphatic rings. The number of benzene rings is 2. The van der Waals surface area contributed by atoms with Gasteiger partial charge in [0.1, 0.15) is 0 Å². The smallest absolute Gasteiger partial charge is 0.255 e. The second-order valence-corrected chi connectivity index (χ2v) is 6.43. The van der Waals surface area contributed by atoms with Crippen LogP contribution in [0.5, 0.6) is 0 Å². The minimum Gasteiger partial charge on any atom is -0.349 e. The monoisotopic (exact) mass is 351 g/mol. The number of aromatic nitrogens is 1. The van der Waals surface area contributed by atoms with E-state index in [9.17, 15) is 4.79 Å². The highest BCUT2D eigenvalue weighted by atomic mass is 32.1. The van der Waals surface area contributed by atoms with Crippen LogP contribution in [0.15, 0.2) is 60.0 Å². The molecule has 0 spiro atoms. The Balaban J connectivity index is 1.79. The largest absolute Gasteiger partial charge is 0.349 e. The fourth-order valence-corrected chi connectivity index (χ4v) is 3.55. The molecule has 3 rings (SSSR count). The van der Waals surface area contributed by atoms with Crippen LogP contribution in [0.25, 0.3) is 11.3 Å². The molecule has 0 radical (unpaired) electrons. The van der Waals surface area contributed by atoms with Gasteiger partial charge in [0.25, 0.3) is 5.91 Å². The highest BCUT2D eigenvalue weighted by Gasteiger charge is 2.10. The van der Waals surface area contributed by atoms with Crippen LogP contribution in [0.3, 0.4) is 0 Å². The molecule has 128 valence electrons. The average Bonchev–Trinajstić information content (AvgIpc) is 3.14. The van der Waals surface area contributed by atoms with Crippen LogP contribution >= 0.6 is 11.3 Å². The van der Waals surface area contributed by atoms with Crippen molar-refractivity contribution < 1.29 is 4.79 Å². The molecular formula is C20H21N3OS. The number of thiazole rings is 1. The second-order valence-electron chi connectivity index (χ2n) is 5.59. The van der Waals surface area contributed by atoms with E-state index in [2.05, 4.69) is 29.4 Å². The molecule has 0 saturated carbocycles. The lowest BCUT2D eigenvalue weighted by Crippen LogP contribution is -2.21. The zero-order valence-electron chi connectivity index (χ0n) is 14.4. The van der Waals surface area contributed by atoms with Gasteiger partial charge in [0.2, 0.25) is 0 Å². The van der Waals surface area contributed by atoms with Crippen molar-refractivity contribution in [3.8, 4) is 11.3 Å². The Morgan fingerprint density at radius 2 is 1.84 bits per heavy atom. The Hall–Kier alpha value is -2.66. The quantitative estimate of drug-likeness (QED) is 0.686. The summed E-state index contributed by atoms with van der Waals surface area (Å²) in [6, 6.07) is 17.0. The van der Waals surface area contributed by atoms with E-state index in [1.54, 1.807) is 23.5 Å². The third-order valence-electron chi connectivity index (χ3n) is 3.98. The summed E-state index contributed by atoms with van der Waals surface area (Å²) in [5.74, 6) is -0.111. The van der Waals surface area contributed by atoms with Crippen LogP contribution in [0.4, 0.5) is 10.8 Å². The molecule has 1 amide bonds. The van der Waals surface area contributed by atoms with Gasteiger partial charge in [-0.15, -0.1) is 11.3 Å². The summed E-state index contributed by atoms with van der Waals surface area (Å²) in [6.45, 7) is 6.14. The van der Waals surface area contributed by atoms with Crippen LogP contribution in [0.2, 0.25) is 0 Å². The molecule has 0 aliphatic carbocycles. The molecule has 0 fully saturated rings. The number of carbonyl (C=O) groups excluding carboxylic acids is 1. The molecular weight excluding hydrogens is 330 g/mol. The molecule has 1 heterocycles. The van der Waals surface area contributed by atoms with Gasteiger partial charge < -0.3 is 10.2 Å². The molecule has 0 bridgehead atoms. The third-order valence-corrected chi connectivity index (χ3v) is 4.88. The highest BCUT2D eigenvalue weighted by molar-refractivity contribution is 7.14. The third kappa shape index (κ3) is 4.06. The Bertz CT molecular complexity index is 841. The molecule has 5 heteroatoms. The van der Waals surface area contributed by atoms with Gasteiger partial charge >= 0.3 is 0 Å². The number of hydrogen-bond acceptors (Lipinski definition) is 4. The van der Waals surface area contributed by atoms with Crippen molar-refractivity contribution in [1.82, 2.24) is 4.98 Å². The molecule has 0 aliphatic heterocycles. The molecule has 0 atom stereocenters. The number of amides is 1. The topological polar surface area (TPSA) is 45.2 Å². The Labute approximate surface area is 152 Å². The fourth-order valence-electron chi connectivity index (χ4n) is 2.59. The molecule has 3 aromatic rings. The van der Waals surface area contributed by atoms with Gasteiger partial charge in [0, 0.05) is 35.3 Å². The first-order valence-corrected chi connectivity index (χ1v) is 9.26. The Morgan fingerprint density at radius 1 is 1.08 bits per heavy atom. The lowest BCUT2D eigenvalue weighted by Gasteiger charge is -2.16. The van der Waals surface area contributed by atoms with Gasteiger partial charge in [0.05, 0.1) is 5.69 Å². The molecule has 2 aromatic carbocycles. The van der Waals surface area contributed by atoms with Crippen LogP contribution in [0, 0.1) is 0 Å². The van der Waals surface area contributed by atoms with Crippen molar-refractivity contribution in [2.45, 2.75) is 13.8 Å². The predicted octanol–water partition coefficient (Wildman–Crippen LogP) is 4.91. The van der Waals surface area contributed by atoms with Gasteiger partial charge in [-0.25, -0.2) is 4.98 Å². The predicted molar refractivity (Wildman–Crippen MR) is 106 cm³/mol. The van der Waals surface area contributed by atoms with Crippen molar-refractivity contribution >= 4 is 28.1 Å². The normalized spacial score (nSPS) is 10.5. The highest BCUT2D eigenvalue weighted by Crippen LogP contribution is 2.28. The lowest BCUT2D eigenvalue weighted by molar-refractivity contribution is 0.102. The second kappa shape index (κ2) is 7.94. The first-order valence-electron chi connectivity index (χ1n) is 8.38. The first-order chi connectivity index (χ1) is 12.2. The van der Waals surface area contributed by atoms with Crippen LogP contribution in [0.1, 0.15) is 24.2 Å². The maximum absolute atomic E-state index is 12.3. The Morgan fingerprint density at radius 3 is 2.56 bits per heavy atom. The number of nitrogens with one attached hydrogen (secondary N) is 1. The molecule has 4 nitrogen and oxygen atoms in total. The lowest BCUT2D eigenvalue weighted by atomic mass is 10.1. The summed E-state index contributed by atoms with van der Waals surface area (Å²) in [7, 11) is 0. The summed E-state index contributed by atoms with van der Waals surface area (Å²) in [6.07, 6.45) is 0. The van der Waals surface area contributed by atoms with Gasteiger partial charge in [-0.3, -0.25) is 4.79 Å². The maximum atomic E-state index is 12.3. The fraction of sp³-hybridized carbons (Fsp3) is 0.200. The summed E-state index contributed by atoms with van der Waals surface area (Å²) >= 11 is 1.65. The van der Waals surface area contributed by atoms with E-state index in [0.29, 0.717) is 5.56 Å². The van der Waals surface area contributed by atoms with Crippen LogP contribution < -0.4 is 10.2 Å². The number of anilines is 2. The zero-order valence-corrected chi connectivity index (χ0v) is 15.2. The van der Waals surface area contributed by atoms with Crippen LogP contribution in [-0.2, 0) is 0 Å². The zero-order chi connectivity index (χ0) is 17.6. The van der Waals surface area contributed by atoms with Gasteiger partial charge in [0.15, 0.2) is 5.13 Å². The van der Waals surface area contributed by atoms with E-state index in [1.165, 1.54) is 0 Å². The van der Waals surface area contributed by atoms with E-state index in [0.717, 1.165) is 35.2 Å². The number of rotatable bonds is 6. The van der Waals surface area contributed by atoms with E-state index in [1.807, 2.05) is 42.5 Å². The molecule has 0 unspecified atom stereocenters. The summed E-state index contributed by atoms with van der Waals surface area (Å²) < 4.78 is 0. The van der Waals surface area contributed by atoms with E-state index >= 15 is 0 Å². The molecule has 1 aromatic heterocycles. The standard InChI is InChI=1S/C20H21N3OS/c1-3-23(4-2)20-22-18(14-25-20)16-11-8-12-17(13-16)21-19(24)15-9-6-5-7-10-15/h5-14H,3-4H2,1-2H3,(H,21,24). The molecule has 25 heavy (non-hydrogen) atoms. The molecule has 1 N–H and O–H groups in total. The Kier molecular flexibility index (Phi) is 5.46. The minimum atomic E-state index is -0.111. The van der Waals surface area contributed by atoms with E-state index < -0.39 is 0 Å². The maximum Gasteiger partial charge on any atom is 0.255 e. The van der Waals surface area contributed by atoms with Crippen molar-refractivity contribution in [1.29, 1.82) is 0 Å². The van der Waals surface area contributed by atoms with Crippen molar-refractivity contribution in [3.05, 3.63) is 65.5 Å². The minimum absolute atomic E-state index is 0.111. The summed E-state index contributed by atoms with van der Waals surface area (Å²) in [4.78, 5) is 19.3. The summed E-state index contributed by atoms with van der Waals surface area (Å²) in [5, 5.41) is 6.03. The van der Waals surface area contributed by atoms with Gasteiger partial charge in [-0.2, -0.15) is 0 Å². The van der Waals surface area contributed by atoms with Crippen molar-refractivity contribution in [3.63, 3.8) is 0 Å². The number of carbonyl (C=O) groups is 1. The van der Waals surface area contributed by atoms with E-state index in [4.69, 9.17) is 4.98 Å². The number of hydrogen-bond donors (Lipinski definition) is 1.